The maximum absolute atomic E-state index is 13.1. The summed E-state index contributed by atoms with van der Waals surface area (Å²) in [5, 5.41) is 13.9. The molecule has 1 amide bonds. The molecule has 0 unspecified atom stereocenters. The molecular weight excluding hydrogens is 422 g/mol. The SMILES string of the molecule is CCOc1ccccc1NC(=O)C1CCN(S(=O)(=O)c2cc([N+](=O)[O-])ccc2C)CC1. The number of piperidine rings is 1. The Morgan fingerprint density at radius 3 is 2.55 bits per heavy atom. The van der Waals surface area contributed by atoms with Gasteiger partial charge < -0.3 is 10.1 Å². The zero-order valence-corrected chi connectivity index (χ0v) is 18.2. The van der Waals surface area contributed by atoms with E-state index in [0.717, 1.165) is 6.07 Å². The minimum absolute atomic E-state index is 0.0738. The molecule has 9 nitrogen and oxygen atoms in total. The zero-order valence-electron chi connectivity index (χ0n) is 17.4. The van der Waals surface area contributed by atoms with Crippen LogP contribution in [-0.2, 0) is 14.8 Å². The standard InChI is InChI=1S/C21H25N3O6S/c1-3-30-19-7-5-4-6-18(19)22-21(25)16-10-12-23(13-11-16)31(28,29)20-14-17(24(26)27)9-8-15(20)2/h4-9,14,16H,3,10-13H2,1-2H3,(H,22,25). The molecule has 31 heavy (non-hydrogen) atoms. The summed E-state index contributed by atoms with van der Waals surface area (Å²) in [6.45, 7) is 4.26. The number of hydrogen-bond donors (Lipinski definition) is 1. The van der Waals surface area contributed by atoms with Gasteiger partial charge in [0.05, 0.1) is 22.1 Å². The van der Waals surface area contributed by atoms with Gasteiger partial charge in [0.2, 0.25) is 15.9 Å². The van der Waals surface area contributed by atoms with E-state index >= 15 is 0 Å². The molecule has 0 radical (unpaired) electrons. The minimum Gasteiger partial charge on any atom is -0.492 e. The highest BCUT2D eigenvalue weighted by atomic mass is 32.2. The number of sulfonamides is 1. The van der Waals surface area contributed by atoms with Crippen molar-refractivity contribution in [1.29, 1.82) is 0 Å². The molecule has 1 heterocycles. The van der Waals surface area contributed by atoms with Gasteiger partial charge in [0.25, 0.3) is 5.69 Å². The van der Waals surface area contributed by atoms with E-state index in [1.54, 1.807) is 25.1 Å². The lowest BCUT2D eigenvalue weighted by Crippen LogP contribution is -2.41. The van der Waals surface area contributed by atoms with Crippen LogP contribution in [-0.4, -0.2) is 43.2 Å². The first kappa shape index (κ1) is 22.7. The van der Waals surface area contributed by atoms with Crippen LogP contribution >= 0.6 is 0 Å². The molecule has 1 aliphatic heterocycles. The Labute approximate surface area is 181 Å². The van der Waals surface area contributed by atoms with E-state index in [1.807, 2.05) is 13.0 Å². The van der Waals surface area contributed by atoms with E-state index in [-0.39, 0.29) is 35.5 Å². The number of hydrogen-bond acceptors (Lipinski definition) is 6. The van der Waals surface area contributed by atoms with Crippen LogP contribution in [0.4, 0.5) is 11.4 Å². The molecule has 0 bridgehead atoms. The third kappa shape index (κ3) is 5.02. The lowest BCUT2D eigenvalue weighted by molar-refractivity contribution is -0.385. The maximum atomic E-state index is 13.1. The number of non-ortho nitro benzene ring substituents is 1. The highest BCUT2D eigenvalue weighted by Crippen LogP contribution is 2.30. The van der Waals surface area contributed by atoms with E-state index in [9.17, 15) is 23.3 Å². The molecule has 1 aliphatic rings. The highest BCUT2D eigenvalue weighted by molar-refractivity contribution is 7.89. The summed E-state index contributed by atoms with van der Waals surface area (Å²) in [7, 11) is -3.89. The van der Waals surface area contributed by atoms with Gasteiger partial charge in [0.15, 0.2) is 0 Å². The van der Waals surface area contributed by atoms with Crippen molar-refractivity contribution in [2.75, 3.05) is 25.0 Å². The zero-order chi connectivity index (χ0) is 22.6. The minimum atomic E-state index is -3.89. The summed E-state index contributed by atoms with van der Waals surface area (Å²) in [6.07, 6.45) is 0.714. The summed E-state index contributed by atoms with van der Waals surface area (Å²) < 4.78 is 32.9. The highest BCUT2D eigenvalue weighted by Gasteiger charge is 2.33. The summed E-state index contributed by atoms with van der Waals surface area (Å²) in [5.41, 5.74) is 0.751. The smallest absolute Gasteiger partial charge is 0.270 e. The van der Waals surface area contributed by atoms with Crippen molar-refractivity contribution in [2.24, 2.45) is 5.92 Å². The van der Waals surface area contributed by atoms with Gasteiger partial charge >= 0.3 is 0 Å². The van der Waals surface area contributed by atoms with Gasteiger partial charge in [-0.15, -0.1) is 0 Å². The Balaban J connectivity index is 1.69. The van der Waals surface area contributed by atoms with Crippen LogP contribution in [0.15, 0.2) is 47.4 Å². The predicted molar refractivity (Wildman–Crippen MR) is 116 cm³/mol. The van der Waals surface area contributed by atoms with Crippen molar-refractivity contribution in [2.45, 2.75) is 31.6 Å². The van der Waals surface area contributed by atoms with Crippen LogP contribution in [0.3, 0.4) is 0 Å². The fourth-order valence-electron chi connectivity index (χ4n) is 3.56. The van der Waals surface area contributed by atoms with Crippen LogP contribution in [0.1, 0.15) is 25.3 Å². The fraction of sp³-hybridized carbons (Fsp3) is 0.381. The van der Waals surface area contributed by atoms with Gasteiger partial charge in [0, 0.05) is 31.1 Å². The first-order valence-corrected chi connectivity index (χ1v) is 11.5. The number of carbonyl (C=O) groups is 1. The first-order chi connectivity index (χ1) is 14.7. The van der Waals surface area contributed by atoms with Crippen LogP contribution in [0.2, 0.25) is 0 Å². The van der Waals surface area contributed by atoms with Crippen molar-refractivity contribution in [1.82, 2.24) is 4.31 Å². The molecule has 0 saturated carbocycles. The Hall–Kier alpha value is -2.98. The molecule has 3 rings (SSSR count). The Kier molecular flexibility index (Phi) is 6.91. The molecule has 166 valence electrons. The molecule has 1 fully saturated rings. The number of benzene rings is 2. The second kappa shape index (κ2) is 9.44. The summed E-state index contributed by atoms with van der Waals surface area (Å²) >= 11 is 0. The van der Waals surface area contributed by atoms with Gasteiger partial charge in [-0.05, 0) is 44.4 Å². The van der Waals surface area contributed by atoms with Gasteiger partial charge in [-0.3, -0.25) is 14.9 Å². The normalized spacial score (nSPS) is 15.4. The molecule has 0 spiro atoms. The number of nitrogens with zero attached hydrogens (tertiary/aromatic N) is 2. The number of amides is 1. The average Bonchev–Trinajstić information content (AvgIpc) is 2.75. The molecule has 2 aromatic rings. The number of para-hydroxylation sites is 2. The number of aryl methyl sites for hydroxylation is 1. The Morgan fingerprint density at radius 1 is 1.23 bits per heavy atom. The number of nitro groups is 1. The monoisotopic (exact) mass is 447 g/mol. The molecule has 1 N–H and O–H groups in total. The number of rotatable bonds is 7. The second-order valence-electron chi connectivity index (χ2n) is 7.30. The molecule has 1 saturated heterocycles. The lowest BCUT2D eigenvalue weighted by Gasteiger charge is -2.31. The van der Waals surface area contributed by atoms with E-state index < -0.39 is 14.9 Å². The Bertz CT molecular complexity index is 1080. The van der Waals surface area contributed by atoms with Crippen molar-refractivity contribution in [3.05, 3.63) is 58.1 Å². The number of nitrogens with one attached hydrogen (secondary N) is 1. The number of ether oxygens (including phenoxy) is 1. The van der Waals surface area contributed by atoms with E-state index in [4.69, 9.17) is 4.74 Å². The van der Waals surface area contributed by atoms with Crippen LogP contribution < -0.4 is 10.1 Å². The van der Waals surface area contributed by atoms with Crippen LogP contribution in [0.5, 0.6) is 5.75 Å². The molecular formula is C21H25N3O6S. The van der Waals surface area contributed by atoms with Crippen LogP contribution in [0, 0.1) is 23.0 Å². The molecule has 0 aromatic heterocycles. The first-order valence-electron chi connectivity index (χ1n) is 10.0. The Morgan fingerprint density at radius 2 is 1.90 bits per heavy atom. The van der Waals surface area contributed by atoms with E-state index in [1.165, 1.54) is 16.4 Å². The van der Waals surface area contributed by atoms with E-state index in [0.29, 0.717) is 36.4 Å². The van der Waals surface area contributed by atoms with Crippen molar-refractivity contribution in [3.63, 3.8) is 0 Å². The summed E-state index contributed by atoms with van der Waals surface area (Å²) in [5.74, 6) is 0.0579. The maximum Gasteiger partial charge on any atom is 0.270 e. The largest absolute Gasteiger partial charge is 0.492 e. The van der Waals surface area contributed by atoms with Crippen molar-refractivity contribution in [3.8, 4) is 5.75 Å². The molecule has 2 aromatic carbocycles. The van der Waals surface area contributed by atoms with Crippen molar-refractivity contribution >= 4 is 27.3 Å². The third-order valence-corrected chi connectivity index (χ3v) is 7.31. The van der Waals surface area contributed by atoms with Gasteiger partial charge in [-0.1, -0.05) is 18.2 Å². The predicted octanol–water partition coefficient (Wildman–Crippen LogP) is 3.34. The summed E-state index contributed by atoms with van der Waals surface area (Å²) in [6, 6.07) is 11.0. The molecule has 0 atom stereocenters. The van der Waals surface area contributed by atoms with Gasteiger partial charge in [-0.25, -0.2) is 8.42 Å². The number of anilines is 1. The second-order valence-corrected chi connectivity index (χ2v) is 9.21. The average molecular weight is 448 g/mol. The third-order valence-electron chi connectivity index (χ3n) is 5.27. The van der Waals surface area contributed by atoms with Gasteiger partial charge in [0.1, 0.15) is 5.75 Å². The topological polar surface area (TPSA) is 119 Å². The molecule has 10 heteroatoms. The van der Waals surface area contributed by atoms with Gasteiger partial charge in [-0.2, -0.15) is 4.31 Å². The molecule has 0 aliphatic carbocycles. The van der Waals surface area contributed by atoms with Crippen molar-refractivity contribution < 1.29 is 22.9 Å². The summed E-state index contributed by atoms with van der Waals surface area (Å²) in [4.78, 5) is 23.1. The van der Waals surface area contributed by atoms with E-state index in [2.05, 4.69) is 5.32 Å². The number of nitro benzene ring substituents is 1. The lowest BCUT2D eigenvalue weighted by atomic mass is 9.97. The quantitative estimate of drug-likeness (QED) is 0.514. The fourth-order valence-corrected chi connectivity index (χ4v) is 5.28. The number of carbonyl (C=O) groups excluding carboxylic acids is 1. The van der Waals surface area contributed by atoms with Crippen LogP contribution in [0.25, 0.3) is 0 Å².